The molecule has 3 rings (SSSR count). The molecule has 0 spiro atoms. The summed E-state index contributed by atoms with van der Waals surface area (Å²) in [5.74, 6) is -3.76. The van der Waals surface area contributed by atoms with E-state index in [2.05, 4.69) is 21.3 Å². The van der Waals surface area contributed by atoms with Crippen molar-refractivity contribution in [2.24, 2.45) is 11.3 Å². The van der Waals surface area contributed by atoms with Crippen LogP contribution in [0.1, 0.15) is 84.1 Å². The highest BCUT2D eigenvalue weighted by atomic mass is 35.5. The lowest BCUT2D eigenvalue weighted by Crippen LogP contribution is -2.55. The number of Topliss-reactive ketones (excluding diaryl/α,β-unsaturated/α-hetero) is 1. The van der Waals surface area contributed by atoms with Crippen molar-refractivity contribution < 1.29 is 36.6 Å². The Hall–Kier alpha value is -3.19. The minimum Gasteiger partial charge on any atom is -0.383 e. The number of hydrogen-bond acceptors (Lipinski definition) is 8. The molecule has 1 saturated carbocycles. The van der Waals surface area contributed by atoms with E-state index in [1.54, 1.807) is 6.07 Å². The summed E-state index contributed by atoms with van der Waals surface area (Å²) < 4.78 is 27.8. The lowest BCUT2D eigenvalue weighted by atomic mass is 9.87. The summed E-state index contributed by atoms with van der Waals surface area (Å²) in [4.78, 5) is 64.9. The van der Waals surface area contributed by atoms with E-state index in [4.69, 9.17) is 15.8 Å². The maximum absolute atomic E-state index is 13.6. The molecular weight excluding hydrogens is 612 g/mol. The first-order valence-corrected chi connectivity index (χ1v) is 17.1. The zero-order chi connectivity index (χ0) is 32.8. The fourth-order valence-electron chi connectivity index (χ4n) is 5.14. The van der Waals surface area contributed by atoms with Crippen molar-refractivity contribution in [1.82, 2.24) is 21.3 Å². The molecule has 0 aromatic heterocycles. The summed E-state index contributed by atoms with van der Waals surface area (Å²) in [5, 5.41) is 11.1. The highest BCUT2D eigenvalue weighted by molar-refractivity contribution is 7.86. The second kappa shape index (κ2) is 14.7. The Morgan fingerprint density at radius 1 is 1.09 bits per heavy atom. The normalized spacial score (nSPS) is 18.9. The van der Waals surface area contributed by atoms with Gasteiger partial charge in [0.05, 0.1) is 12.3 Å². The Morgan fingerprint density at radius 3 is 2.30 bits per heavy atom. The van der Waals surface area contributed by atoms with Gasteiger partial charge in [0.2, 0.25) is 23.5 Å². The zero-order valence-corrected chi connectivity index (χ0v) is 27.4. The van der Waals surface area contributed by atoms with Crippen LogP contribution in [0, 0.1) is 11.3 Å². The van der Waals surface area contributed by atoms with Gasteiger partial charge in [-0.1, -0.05) is 45.4 Å². The number of ketones is 1. The fourth-order valence-corrected chi connectivity index (χ4v) is 5.92. The molecule has 0 bridgehead atoms. The molecule has 1 heterocycles. The highest BCUT2D eigenvalue weighted by Gasteiger charge is 2.37. The lowest BCUT2D eigenvalue weighted by molar-refractivity contribution is -0.141. The van der Waals surface area contributed by atoms with E-state index >= 15 is 0 Å². The smallest absolute Gasteiger partial charge is 0.306 e. The Labute approximate surface area is 263 Å². The first kappa shape index (κ1) is 35.3. The summed E-state index contributed by atoms with van der Waals surface area (Å²) in [7, 11) is -3.74. The molecule has 14 heteroatoms. The van der Waals surface area contributed by atoms with Crippen molar-refractivity contribution in [2.45, 2.75) is 96.7 Å². The third kappa shape index (κ3) is 11.1. The molecule has 4 N–H and O–H groups in total. The minimum absolute atomic E-state index is 0.0230. The quantitative estimate of drug-likeness (QED) is 0.164. The maximum atomic E-state index is 13.6. The largest absolute Gasteiger partial charge is 0.383 e. The van der Waals surface area contributed by atoms with Crippen LogP contribution in [0.2, 0.25) is 5.02 Å². The second-order valence-corrected chi connectivity index (χ2v) is 14.8. The van der Waals surface area contributed by atoms with Crippen LogP contribution in [-0.4, -0.2) is 68.8 Å². The molecule has 244 valence electrons. The molecule has 1 aromatic carbocycles. The predicted molar refractivity (Wildman–Crippen MR) is 164 cm³/mol. The van der Waals surface area contributed by atoms with Crippen LogP contribution in [0.4, 0.5) is 0 Å². The number of rotatable bonds is 15. The van der Waals surface area contributed by atoms with E-state index in [1.165, 1.54) is 12.1 Å². The van der Waals surface area contributed by atoms with Crippen LogP contribution < -0.4 is 25.5 Å². The van der Waals surface area contributed by atoms with E-state index < -0.39 is 57.0 Å². The first-order chi connectivity index (χ1) is 20.5. The SMILES string of the molecule is CC[C@@H](CC(=O)N[C@@H](CC(C)(C)C)C(=O)NC(CC1CCNC1=O)C(=O)C(=O)NC1CC1)c1ccc(OS(C)(=O)=O)cc1Cl. The third-order valence-electron chi connectivity index (χ3n) is 7.50. The van der Waals surface area contributed by atoms with Crippen molar-refractivity contribution in [1.29, 1.82) is 0 Å². The third-order valence-corrected chi connectivity index (χ3v) is 8.33. The maximum Gasteiger partial charge on any atom is 0.306 e. The zero-order valence-electron chi connectivity index (χ0n) is 25.8. The molecule has 2 fully saturated rings. The van der Waals surface area contributed by atoms with Gasteiger partial charge in [-0.05, 0) is 61.5 Å². The molecule has 1 aliphatic carbocycles. The molecule has 2 unspecified atom stereocenters. The van der Waals surface area contributed by atoms with Gasteiger partial charge in [0.15, 0.2) is 0 Å². The number of hydrogen-bond donors (Lipinski definition) is 4. The minimum atomic E-state index is -3.74. The summed E-state index contributed by atoms with van der Waals surface area (Å²) in [6.07, 6.45) is 3.67. The number of carbonyl (C=O) groups is 5. The summed E-state index contributed by atoms with van der Waals surface area (Å²) in [6.45, 7) is 8.04. The molecular formula is C30H43ClN4O8S. The van der Waals surface area contributed by atoms with Crippen molar-refractivity contribution in [3.63, 3.8) is 0 Å². The molecule has 1 saturated heterocycles. The first-order valence-electron chi connectivity index (χ1n) is 14.9. The van der Waals surface area contributed by atoms with Crippen molar-refractivity contribution >= 4 is 51.1 Å². The van der Waals surface area contributed by atoms with Crippen molar-refractivity contribution in [2.75, 3.05) is 12.8 Å². The van der Waals surface area contributed by atoms with E-state index in [0.717, 1.165) is 19.1 Å². The van der Waals surface area contributed by atoms with Gasteiger partial charge >= 0.3 is 10.1 Å². The Balaban J connectivity index is 1.75. The van der Waals surface area contributed by atoms with Gasteiger partial charge < -0.3 is 25.5 Å². The fraction of sp³-hybridized carbons (Fsp3) is 0.633. The Morgan fingerprint density at radius 2 is 1.77 bits per heavy atom. The van der Waals surface area contributed by atoms with Gasteiger partial charge in [0, 0.05) is 36.0 Å². The number of benzene rings is 1. The molecule has 4 atom stereocenters. The van der Waals surface area contributed by atoms with E-state index in [9.17, 15) is 32.4 Å². The number of nitrogens with one attached hydrogen (secondary N) is 4. The number of carbonyl (C=O) groups excluding carboxylic acids is 5. The predicted octanol–water partition coefficient (Wildman–Crippen LogP) is 2.34. The number of halogens is 1. The Bertz CT molecular complexity index is 1370. The number of amides is 4. The topological polar surface area (TPSA) is 177 Å². The monoisotopic (exact) mass is 654 g/mol. The average Bonchev–Trinajstić information content (AvgIpc) is 3.63. The summed E-state index contributed by atoms with van der Waals surface area (Å²) >= 11 is 6.42. The molecule has 44 heavy (non-hydrogen) atoms. The van der Waals surface area contributed by atoms with E-state index in [-0.39, 0.29) is 47.9 Å². The van der Waals surface area contributed by atoms with Gasteiger partial charge in [-0.2, -0.15) is 8.42 Å². The molecule has 2 aliphatic rings. The standard InChI is InChI=1S/C30H43ClN4O8S/c1-6-17(21-10-9-20(15-22(21)31)43-44(5,41)42)14-25(36)34-24(16-30(2,3)4)28(39)35-23(13-18-11-12-32-27(18)38)26(37)29(40)33-19-7-8-19/h9-10,15,17-19,23-24H,6-8,11-14,16H2,1-5H3,(H,32,38)(H,33,40)(H,34,36)(H,35,39)/t17-,18?,23?,24-/m0/s1. The van der Waals surface area contributed by atoms with Gasteiger partial charge in [-0.15, -0.1) is 0 Å². The van der Waals surface area contributed by atoms with Crippen LogP contribution in [0.15, 0.2) is 18.2 Å². The van der Waals surface area contributed by atoms with Gasteiger partial charge in [-0.25, -0.2) is 0 Å². The van der Waals surface area contributed by atoms with E-state index in [1.807, 2.05) is 27.7 Å². The van der Waals surface area contributed by atoms with Crippen LogP contribution >= 0.6 is 11.6 Å². The van der Waals surface area contributed by atoms with Crippen molar-refractivity contribution in [3.05, 3.63) is 28.8 Å². The lowest BCUT2D eigenvalue weighted by Gasteiger charge is -2.29. The van der Waals surface area contributed by atoms with Gasteiger partial charge in [0.1, 0.15) is 11.8 Å². The van der Waals surface area contributed by atoms with Crippen molar-refractivity contribution in [3.8, 4) is 5.75 Å². The van der Waals surface area contributed by atoms with Crippen LogP contribution in [0.25, 0.3) is 0 Å². The summed E-state index contributed by atoms with van der Waals surface area (Å²) in [5.41, 5.74) is 0.219. The average molecular weight is 655 g/mol. The van der Waals surface area contributed by atoms with Crippen LogP contribution in [0.5, 0.6) is 5.75 Å². The van der Waals surface area contributed by atoms with Crippen LogP contribution in [-0.2, 0) is 34.1 Å². The molecule has 0 radical (unpaired) electrons. The molecule has 12 nitrogen and oxygen atoms in total. The molecule has 1 aromatic rings. The summed E-state index contributed by atoms with van der Waals surface area (Å²) in [6, 6.07) is 2.11. The Kier molecular flexibility index (Phi) is 11.8. The van der Waals surface area contributed by atoms with Gasteiger partial charge in [0.25, 0.3) is 5.91 Å². The van der Waals surface area contributed by atoms with E-state index in [0.29, 0.717) is 24.9 Å². The van der Waals surface area contributed by atoms with Gasteiger partial charge in [-0.3, -0.25) is 24.0 Å². The van der Waals surface area contributed by atoms with Crippen LogP contribution in [0.3, 0.4) is 0 Å². The molecule has 1 aliphatic heterocycles. The molecule has 4 amide bonds. The highest BCUT2D eigenvalue weighted by Crippen LogP contribution is 2.33. The second-order valence-electron chi connectivity index (χ2n) is 12.9.